The van der Waals surface area contributed by atoms with Crippen molar-refractivity contribution in [3.05, 3.63) is 0 Å². The highest BCUT2D eigenvalue weighted by atomic mass is 15.2. The first kappa shape index (κ1) is 9.01. The van der Waals surface area contributed by atoms with Crippen molar-refractivity contribution in [2.75, 3.05) is 19.6 Å². The largest absolute Gasteiger partial charge is 0.330 e. The maximum absolute atomic E-state index is 5.48. The summed E-state index contributed by atoms with van der Waals surface area (Å²) in [6.07, 6.45) is 5.29. The fraction of sp³-hybridized carbons (Fsp3) is 1.00. The molecular formula is C9H20N2. The summed E-state index contributed by atoms with van der Waals surface area (Å²) in [5, 5.41) is 0. The van der Waals surface area contributed by atoms with E-state index in [4.69, 9.17) is 5.73 Å². The second-order valence-corrected chi connectivity index (χ2v) is 3.36. The van der Waals surface area contributed by atoms with Crippen molar-refractivity contribution in [2.45, 2.75) is 38.6 Å². The molecule has 0 aromatic carbocycles. The maximum Gasteiger partial charge on any atom is 0.00960 e. The molecule has 0 aromatic heterocycles. The van der Waals surface area contributed by atoms with E-state index < -0.39 is 0 Å². The Kier molecular flexibility index (Phi) is 3.87. The topological polar surface area (TPSA) is 29.3 Å². The SMILES string of the molecule is CCN1CCC[C@H]1CCCN. The Morgan fingerprint density at radius 1 is 1.55 bits per heavy atom. The van der Waals surface area contributed by atoms with Crippen LogP contribution in [-0.2, 0) is 0 Å². The van der Waals surface area contributed by atoms with Gasteiger partial charge in [0.15, 0.2) is 0 Å². The molecule has 1 aliphatic rings. The number of hydrogen-bond acceptors (Lipinski definition) is 2. The van der Waals surface area contributed by atoms with Crippen LogP contribution in [0.1, 0.15) is 32.6 Å². The van der Waals surface area contributed by atoms with Gasteiger partial charge in [-0.1, -0.05) is 6.92 Å². The minimum absolute atomic E-state index is 0.851. The van der Waals surface area contributed by atoms with Gasteiger partial charge in [-0.15, -0.1) is 0 Å². The highest BCUT2D eigenvalue weighted by Gasteiger charge is 2.21. The molecule has 0 aromatic rings. The molecular weight excluding hydrogens is 136 g/mol. The van der Waals surface area contributed by atoms with Crippen LogP contribution in [0.15, 0.2) is 0 Å². The van der Waals surface area contributed by atoms with E-state index in [1.807, 2.05) is 0 Å². The van der Waals surface area contributed by atoms with Crippen LogP contribution in [0, 0.1) is 0 Å². The first-order chi connectivity index (χ1) is 5.38. The molecule has 1 aliphatic heterocycles. The normalized spacial score (nSPS) is 26.2. The summed E-state index contributed by atoms with van der Waals surface area (Å²) in [6, 6.07) is 0.851. The third kappa shape index (κ3) is 2.46. The molecule has 1 fully saturated rings. The van der Waals surface area contributed by atoms with Crippen molar-refractivity contribution in [1.29, 1.82) is 0 Å². The molecule has 1 saturated heterocycles. The average molecular weight is 156 g/mol. The zero-order valence-corrected chi connectivity index (χ0v) is 7.55. The first-order valence-corrected chi connectivity index (χ1v) is 4.82. The van der Waals surface area contributed by atoms with Gasteiger partial charge in [0.05, 0.1) is 0 Å². The average Bonchev–Trinajstić information content (AvgIpc) is 2.47. The Balaban J connectivity index is 2.20. The van der Waals surface area contributed by atoms with Crippen molar-refractivity contribution in [3.8, 4) is 0 Å². The Morgan fingerprint density at radius 3 is 3.00 bits per heavy atom. The lowest BCUT2D eigenvalue weighted by molar-refractivity contribution is 0.253. The lowest BCUT2D eigenvalue weighted by Gasteiger charge is -2.22. The van der Waals surface area contributed by atoms with Crippen molar-refractivity contribution in [1.82, 2.24) is 4.90 Å². The molecule has 2 nitrogen and oxygen atoms in total. The quantitative estimate of drug-likeness (QED) is 0.663. The predicted octanol–water partition coefficient (Wildman–Crippen LogP) is 1.21. The molecule has 1 heterocycles. The molecule has 11 heavy (non-hydrogen) atoms. The van der Waals surface area contributed by atoms with E-state index in [0.29, 0.717) is 0 Å². The van der Waals surface area contributed by atoms with Gasteiger partial charge in [-0.25, -0.2) is 0 Å². The van der Waals surface area contributed by atoms with E-state index in [1.54, 1.807) is 0 Å². The number of likely N-dealkylation sites (tertiary alicyclic amines) is 1. The monoisotopic (exact) mass is 156 g/mol. The van der Waals surface area contributed by atoms with Crippen LogP contribution in [0.4, 0.5) is 0 Å². The Hall–Kier alpha value is -0.0800. The number of nitrogens with zero attached hydrogens (tertiary/aromatic N) is 1. The predicted molar refractivity (Wildman–Crippen MR) is 48.6 cm³/mol. The molecule has 1 atom stereocenters. The highest BCUT2D eigenvalue weighted by molar-refractivity contribution is 4.77. The second kappa shape index (κ2) is 4.73. The standard InChI is InChI=1S/C9H20N2/c1-2-11-8-4-6-9(11)5-3-7-10/h9H,2-8,10H2,1H3/t9-/m1/s1. The molecule has 66 valence electrons. The first-order valence-electron chi connectivity index (χ1n) is 4.82. The minimum atomic E-state index is 0.851. The fourth-order valence-electron chi connectivity index (χ4n) is 1.99. The number of nitrogens with two attached hydrogens (primary N) is 1. The Labute approximate surface area is 69.8 Å². The third-order valence-electron chi connectivity index (χ3n) is 2.65. The van der Waals surface area contributed by atoms with Gasteiger partial charge in [-0.05, 0) is 45.3 Å². The molecule has 0 bridgehead atoms. The fourth-order valence-corrected chi connectivity index (χ4v) is 1.99. The summed E-state index contributed by atoms with van der Waals surface area (Å²) in [5.74, 6) is 0. The summed E-state index contributed by atoms with van der Waals surface area (Å²) in [6.45, 7) is 5.63. The summed E-state index contributed by atoms with van der Waals surface area (Å²) in [4.78, 5) is 2.58. The molecule has 1 rings (SSSR count). The molecule has 0 amide bonds. The summed E-state index contributed by atoms with van der Waals surface area (Å²) in [7, 11) is 0. The molecule has 2 heteroatoms. The van der Waals surface area contributed by atoms with Crippen LogP contribution >= 0.6 is 0 Å². The van der Waals surface area contributed by atoms with Gasteiger partial charge in [-0.3, -0.25) is 0 Å². The molecule has 0 radical (unpaired) electrons. The smallest absolute Gasteiger partial charge is 0.00960 e. The van der Waals surface area contributed by atoms with Crippen LogP contribution in [0.25, 0.3) is 0 Å². The van der Waals surface area contributed by atoms with Crippen molar-refractivity contribution in [3.63, 3.8) is 0 Å². The van der Waals surface area contributed by atoms with Gasteiger partial charge in [0.2, 0.25) is 0 Å². The summed E-state index contributed by atoms with van der Waals surface area (Å²) >= 11 is 0. The van der Waals surface area contributed by atoms with Crippen molar-refractivity contribution < 1.29 is 0 Å². The Bertz CT molecular complexity index is 104. The summed E-state index contributed by atoms with van der Waals surface area (Å²) < 4.78 is 0. The Morgan fingerprint density at radius 2 is 2.36 bits per heavy atom. The van der Waals surface area contributed by atoms with Crippen LogP contribution in [0.3, 0.4) is 0 Å². The van der Waals surface area contributed by atoms with Gasteiger partial charge in [-0.2, -0.15) is 0 Å². The van der Waals surface area contributed by atoms with E-state index >= 15 is 0 Å². The van der Waals surface area contributed by atoms with Crippen LogP contribution in [0.5, 0.6) is 0 Å². The maximum atomic E-state index is 5.48. The minimum Gasteiger partial charge on any atom is -0.330 e. The van der Waals surface area contributed by atoms with Gasteiger partial charge < -0.3 is 10.6 Å². The van der Waals surface area contributed by atoms with Crippen LogP contribution < -0.4 is 5.73 Å². The van der Waals surface area contributed by atoms with Crippen LogP contribution in [0.2, 0.25) is 0 Å². The third-order valence-corrected chi connectivity index (χ3v) is 2.65. The van der Waals surface area contributed by atoms with Crippen molar-refractivity contribution >= 4 is 0 Å². The molecule has 0 aliphatic carbocycles. The second-order valence-electron chi connectivity index (χ2n) is 3.36. The van der Waals surface area contributed by atoms with Gasteiger partial charge >= 0.3 is 0 Å². The van der Waals surface area contributed by atoms with Gasteiger partial charge in [0.1, 0.15) is 0 Å². The van der Waals surface area contributed by atoms with E-state index in [-0.39, 0.29) is 0 Å². The number of hydrogen-bond donors (Lipinski definition) is 1. The van der Waals surface area contributed by atoms with Crippen LogP contribution in [-0.4, -0.2) is 30.6 Å². The van der Waals surface area contributed by atoms with E-state index in [2.05, 4.69) is 11.8 Å². The lowest BCUT2D eigenvalue weighted by Crippen LogP contribution is -2.29. The zero-order valence-electron chi connectivity index (χ0n) is 7.55. The van der Waals surface area contributed by atoms with Crippen molar-refractivity contribution in [2.24, 2.45) is 5.73 Å². The molecule has 0 saturated carbocycles. The zero-order chi connectivity index (χ0) is 8.10. The highest BCUT2D eigenvalue weighted by Crippen LogP contribution is 2.20. The van der Waals surface area contributed by atoms with E-state index in [1.165, 1.54) is 38.8 Å². The molecule has 0 unspecified atom stereocenters. The molecule has 2 N–H and O–H groups in total. The lowest BCUT2D eigenvalue weighted by atomic mass is 10.1. The number of rotatable bonds is 4. The summed E-state index contributed by atoms with van der Waals surface area (Å²) in [5.41, 5.74) is 5.48. The van der Waals surface area contributed by atoms with Gasteiger partial charge in [0, 0.05) is 6.04 Å². The van der Waals surface area contributed by atoms with E-state index in [9.17, 15) is 0 Å². The van der Waals surface area contributed by atoms with Gasteiger partial charge in [0.25, 0.3) is 0 Å². The van der Waals surface area contributed by atoms with E-state index in [0.717, 1.165) is 12.6 Å². The molecule has 0 spiro atoms.